The van der Waals surface area contributed by atoms with Gasteiger partial charge in [0.1, 0.15) is 0 Å². The van der Waals surface area contributed by atoms with E-state index in [-0.39, 0.29) is 11.9 Å². The van der Waals surface area contributed by atoms with Crippen LogP contribution in [0.4, 0.5) is 0 Å². The third kappa shape index (κ3) is 10.8. The average molecular weight is 228 g/mol. The van der Waals surface area contributed by atoms with Crippen molar-refractivity contribution in [3.8, 4) is 0 Å². The second kappa shape index (κ2) is 10.2. The number of carbonyl (C=O) groups excluding carboxylic acids is 2. The van der Waals surface area contributed by atoms with Gasteiger partial charge in [-0.15, -0.1) is 0 Å². The molecule has 4 nitrogen and oxygen atoms in total. The van der Waals surface area contributed by atoms with Crippen molar-refractivity contribution < 1.29 is 19.1 Å². The highest BCUT2D eigenvalue weighted by atomic mass is 16.5. The first-order valence-electron chi connectivity index (χ1n) is 5.63. The molecule has 0 aromatic rings. The maximum atomic E-state index is 10.9. The molecule has 0 aliphatic rings. The molecular weight excluding hydrogens is 208 g/mol. The number of rotatable bonds is 8. The van der Waals surface area contributed by atoms with Crippen LogP contribution in [-0.4, -0.2) is 25.2 Å². The van der Waals surface area contributed by atoms with Gasteiger partial charge in [-0.2, -0.15) is 0 Å². The van der Waals surface area contributed by atoms with Crippen molar-refractivity contribution in [3.63, 3.8) is 0 Å². The number of allylic oxidation sites excluding steroid dienone is 1. The summed E-state index contributed by atoms with van der Waals surface area (Å²) in [6.07, 6.45) is 6.95. The molecule has 92 valence electrons. The summed E-state index contributed by atoms with van der Waals surface area (Å²) in [6, 6.07) is 0. The van der Waals surface area contributed by atoms with Crippen LogP contribution in [0.2, 0.25) is 0 Å². The molecule has 0 N–H and O–H groups in total. The van der Waals surface area contributed by atoms with Crippen LogP contribution in [0.5, 0.6) is 0 Å². The summed E-state index contributed by atoms with van der Waals surface area (Å²) in [7, 11) is 0. The van der Waals surface area contributed by atoms with Gasteiger partial charge in [-0.1, -0.05) is 6.08 Å². The minimum Gasteiger partial charge on any atom is -0.466 e. The summed E-state index contributed by atoms with van der Waals surface area (Å²) in [5.74, 6) is -0.524. The van der Waals surface area contributed by atoms with Crippen molar-refractivity contribution in [2.45, 2.75) is 39.5 Å². The summed E-state index contributed by atoms with van der Waals surface area (Å²) in [6.45, 7) is 4.07. The Hall–Kier alpha value is -1.32. The quantitative estimate of drug-likeness (QED) is 0.363. The number of ether oxygens (including phenoxy) is 2. The normalized spacial score (nSPS) is 10.4. The van der Waals surface area contributed by atoms with Gasteiger partial charge < -0.3 is 9.47 Å². The van der Waals surface area contributed by atoms with Gasteiger partial charge in [0.2, 0.25) is 0 Å². The van der Waals surface area contributed by atoms with Gasteiger partial charge in [0.25, 0.3) is 0 Å². The molecule has 0 rings (SSSR count). The Bertz CT molecular complexity index is 233. The first-order valence-corrected chi connectivity index (χ1v) is 5.63. The minimum atomic E-state index is -0.289. The number of hydrogen-bond acceptors (Lipinski definition) is 4. The van der Waals surface area contributed by atoms with E-state index in [0.717, 1.165) is 25.7 Å². The van der Waals surface area contributed by atoms with E-state index in [2.05, 4.69) is 0 Å². The van der Waals surface area contributed by atoms with Crippen LogP contribution in [-0.2, 0) is 19.1 Å². The van der Waals surface area contributed by atoms with Gasteiger partial charge in [-0.05, 0) is 32.6 Å². The Morgan fingerprint density at radius 1 is 1.12 bits per heavy atom. The highest BCUT2D eigenvalue weighted by Crippen LogP contribution is 2.01. The van der Waals surface area contributed by atoms with Crippen LogP contribution in [0.15, 0.2) is 12.2 Å². The fourth-order valence-electron chi connectivity index (χ4n) is 1.13. The third-order valence-corrected chi connectivity index (χ3v) is 1.86. The van der Waals surface area contributed by atoms with Crippen molar-refractivity contribution in [1.82, 2.24) is 0 Å². The van der Waals surface area contributed by atoms with Crippen molar-refractivity contribution in [3.05, 3.63) is 12.2 Å². The predicted molar refractivity (Wildman–Crippen MR) is 60.9 cm³/mol. The average Bonchev–Trinajstić information content (AvgIpc) is 2.22. The summed E-state index contributed by atoms with van der Waals surface area (Å²) in [5, 5.41) is 0. The molecular formula is C12H20O4. The smallest absolute Gasteiger partial charge is 0.330 e. The zero-order valence-electron chi connectivity index (χ0n) is 10.0. The lowest BCUT2D eigenvalue weighted by Crippen LogP contribution is -2.00. The van der Waals surface area contributed by atoms with E-state index >= 15 is 0 Å². The molecule has 0 bridgehead atoms. The first kappa shape index (κ1) is 14.7. The molecule has 0 aliphatic carbocycles. The van der Waals surface area contributed by atoms with Gasteiger partial charge in [0.05, 0.1) is 13.2 Å². The lowest BCUT2D eigenvalue weighted by atomic mass is 10.2. The lowest BCUT2D eigenvalue weighted by Gasteiger charge is -2.00. The maximum Gasteiger partial charge on any atom is 0.330 e. The number of hydrogen-bond donors (Lipinski definition) is 0. The SMILES string of the molecule is CCOC(=O)/C=C/CCCCCOC(C)=O. The lowest BCUT2D eigenvalue weighted by molar-refractivity contribution is -0.141. The molecule has 0 aromatic carbocycles. The largest absolute Gasteiger partial charge is 0.466 e. The van der Waals surface area contributed by atoms with E-state index in [4.69, 9.17) is 9.47 Å². The molecule has 0 heterocycles. The van der Waals surface area contributed by atoms with Crippen LogP contribution < -0.4 is 0 Å². The topological polar surface area (TPSA) is 52.6 Å². The second-order valence-corrected chi connectivity index (χ2v) is 3.34. The molecule has 0 unspecified atom stereocenters. The summed E-state index contributed by atoms with van der Waals surface area (Å²) in [5.41, 5.74) is 0. The Kier molecular flexibility index (Phi) is 9.36. The Balaban J connectivity index is 3.26. The first-order chi connectivity index (χ1) is 7.66. The molecule has 0 fully saturated rings. The number of carbonyl (C=O) groups is 2. The van der Waals surface area contributed by atoms with Crippen LogP contribution in [0.25, 0.3) is 0 Å². The van der Waals surface area contributed by atoms with E-state index < -0.39 is 0 Å². The van der Waals surface area contributed by atoms with Crippen molar-refractivity contribution >= 4 is 11.9 Å². The van der Waals surface area contributed by atoms with E-state index in [9.17, 15) is 9.59 Å². The highest BCUT2D eigenvalue weighted by Gasteiger charge is 1.94. The molecule has 0 atom stereocenters. The fourth-order valence-corrected chi connectivity index (χ4v) is 1.13. The summed E-state index contributed by atoms with van der Waals surface area (Å²) >= 11 is 0. The monoisotopic (exact) mass is 228 g/mol. The Labute approximate surface area is 96.6 Å². The minimum absolute atomic E-state index is 0.234. The van der Waals surface area contributed by atoms with Gasteiger partial charge in [0, 0.05) is 13.0 Å². The second-order valence-electron chi connectivity index (χ2n) is 3.34. The number of unbranched alkanes of at least 4 members (excludes halogenated alkanes) is 3. The van der Waals surface area contributed by atoms with Gasteiger partial charge >= 0.3 is 11.9 Å². The highest BCUT2D eigenvalue weighted by molar-refractivity contribution is 5.81. The van der Waals surface area contributed by atoms with E-state index in [1.165, 1.54) is 13.0 Å². The van der Waals surface area contributed by atoms with Crippen LogP contribution in [0, 0.1) is 0 Å². The predicted octanol–water partition coefficient (Wildman–Crippen LogP) is 2.23. The maximum absolute atomic E-state index is 10.9. The zero-order valence-corrected chi connectivity index (χ0v) is 10.0. The molecule has 4 heteroatoms. The van der Waals surface area contributed by atoms with Gasteiger partial charge in [-0.3, -0.25) is 4.79 Å². The fraction of sp³-hybridized carbons (Fsp3) is 0.667. The van der Waals surface area contributed by atoms with Crippen LogP contribution >= 0.6 is 0 Å². The third-order valence-electron chi connectivity index (χ3n) is 1.86. The molecule has 0 saturated heterocycles. The van der Waals surface area contributed by atoms with Crippen molar-refractivity contribution in [2.75, 3.05) is 13.2 Å². The molecule has 0 saturated carbocycles. The zero-order chi connectivity index (χ0) is 12.2. The van der Waals surface area contributed by atoms with E-state index in [1.54, 1.807) is 6.92 Å². The number of esters is 2. The Morgan fingerprint density at radius 3 is 2.50 bits per heavy atom. The van der Waals surface area contributed by atoms with Gasteiger partial charge in [0.15, 0.2) is 0 Å². The Morgan fingerprint density at radius 2 is 1.88 bits per heavy atom. The summed E-state index contributed by atoms with van der Waals surface area (Å²) in [4.78, 5) is 21.3. The molecule has 16 heavy (non-hydrogen) atoms. The van der Waals surface area contributed by atoms with Crippen LogP contribution in [0.3, 0.4) is 0 Å². The molecule has 0 amide bonds. The van der Waals surface area contributed by atoms with E-state index in [1.807, 2.05) is 6.08 Å². The van der Waals surface area contributed by atoms with Crippen LogP contribution in [0.1, 0.15) is 39.5 Å². The molecule has 0 aliphatic heterocycles. The van der Waals surface area contributed by atoms with Gasteiger partial charge in [-0.25, -0.2) is 4.79 Å². The molecule has 0 spiro atoms. The molecule has 0 aromatic heterocycles. The van der Waals surface area contributed by atoms with E-state index in [0.29, 0.717) is 13.2 Å². The van der Waals surface area contributed by atoms with Crippen molar-refractivity contribution in [2.24, 2.45) is 0 Å². The van der Waals surface area contributed by atoms with Crippen molar-refractivity contribution in [1.29, 1.82) is 0 Å². The standard InChI is InChI=1S/C12H20O4/c1-3-15-12(14)9-7-5-4-6-8-10-16-11(2)13/h7,9H,3-6,8,10H2,1-2H3/b9-7+. The molecule has 0 radical (unpaired) electrons. The summed E-state index contributed by atoms with van der Waals surface area (Å²) < 4.78 is 9.52.